The molecule has 21 heavy (non-hydrogen) atoms. The molecule has 3 rings (SSSR count). The summed E-state index contributed by atoms with van der Waals surface area (Å²) in [6.07, 6.45) is 4.62. The fourth-order valence-electron chi connectivity index (χ4n) is 3.73. The summed E-state index contributed by atoms with van der Waals surface area (Å²) >= 11 is 0. The molecule has 4 atom stereocenters. The summed E-state index contributed by atoms with van der Waals surface area (Å²) in [4.78, 5) is 24.1. The summed E-state index contributed by atoms with van der Waals surface area (Å²) in [5.41, 5.74) is -0.0973. The maximum atomic E-state index is 12.5. The largest absolute Gasteiger partial charge is 0.550 e. The summed E-state index contributed by atoms with van der Waals surface area (Å²) < 4.78 is 0. The Bertz CT molecular complexity index is 595. The standard InChI is InChI=1S/C17H19NO3/c1-17(16(20)21)13-8-7-12(9-13)14(17)15(19)18-10-11-5-3-2-4-6-11/h2-8,12-14H,9-10H2,1H3,(H,18,19)(H,20,21)/p-1/t12-,13-,14-,17-/m1/s1. The minimum atomic E-state index is -1.13. The van der Waals surface area contributed by atoms with E-state index in [4.69, 9.17) is 0 Å². The van der Waals surface area contributed by atoms with Crippen molar-refractivity contribution in [1.29, 1.82) is 0 Å². The third-order valence-corrected chi connectivity index (χ3v) is 4.99. The molecule has 4 heteroatoms. The molecule has 0 heterocycles. The number of aliphatic carboxylic acids is 1. The van der Waals surface area contributed by atoms with Gasteiger partial charge in [-0.2, -0.15) is 0 Å². The highest BCUT2D eigenvalue weighted by molar-refractivity contribution is 5.88. The van der Waals surface area contributed by atoms with E-state index in [2.05, 4.69) is 5.32 Å². The van der Waals surface area contributed by atoms with E-state index in [0.717, 1.165) is 12.0 Å². The van der Waals surface area contributed by atoms with E-state index in [1.54, 1.807) is 6.92 Å². The zero-order valence-electron chi connectivity index (χ0n) is 11.9. The number of hydrogen-bond acceptors (Lipinski definition) is 3. The van der Waals surface area contributed by atoms with E-state index < -0.39 is 17.3 Å². The van der Waals surface area contributed by atoms with Crippen LogP contribution in [0.2, 0.25) is 0 Å². The quantitative estimate of drug-likeness (QED) is 0.835. The molecule has 1 aromatic rings. The predicted molar refractivity (Wildman–Crippen MR) is 75.6 cm³/mol. The molecular weight excluding hydrogens is 266 g/mol. The summed E-state index contributed by atoms with van der Waals surface area (Å²) in [7, 11) is 0. The van der Waals surface area contributed by atoms with Crippen molar-refractivity contribution in [2.45, 2.75) is 19.9 Å². The lowest BCUT2D eigenvalue weighted by Gasteiger charge is -2.38. The molecule has 0 aliphatic heterocycles. The first kappa shape index (κ1) is 13.9. The molecule has 110 valence electrons. The molecule has 0 radical (unpaired) electrons. The van der Waals surface area contributed by atoms with Gasteiger partial charge in [-0.25, -0.2) is 0 Å². The molecule has 2 aliphatic rings. The molecule has 1 aromatic carbocycles. The van der Waals surface area contributed by atoms with Crippen molar-refractivity contribution in [3.63, 3.8) is 0 Å². The Hall–Kier alpha value is -2.10. The third kappa shape index (κ3) is 2.15. The lowest BCUT2D eigenvalue weighted by molar-refractivity contribution is -0.321. The lowest BCUT2D eigenvalue weighted by Crippen LogP contribution is -2.52. The van der Waals surface area contributed by atoms with Gasteiger partial charge in [0.2, 0.25) is 5.91 Å². The fraction of sp³-hybridized carbons (Fsp3) is 0.412. The molecule has 1 fully saturated rings. The lowest BCUT2D eigenvalue weighted by atomic mass is 9.69. The Morgan fingerprint density at radius 3 is 2.67 bits per heavy atom. The number of carbonyl (C=O) groups excluding carboxylic acids is 2. The van der Waals surface area contributed by atoms with Crippen LogP contribution in [0.3, 0.4) is 0 Å². The smallest absolute Gasteiger partial charge is 0.224 e. The maximum Gasteiger partial charge on any atom is 0.224 e. The number of nitrogens with one attached hydrogen (secondary N) is 1. The van der Waals surface area contributed by atoms with Gasteiger partial charge in [0.05, 0.1) is 5.92 Å². The first-order valence-corrected chi connectivity index (χ1v) is 7.25. The number of carboxylic acid groups (broad SMARTS) is 1. The van der Waals surface area contributed by atoms with E-state index in [-0.39, 0.29) is 17.7 Å². The number of amides is 1. The van der Waals surface area contributed by atoms with Crippen LogP contribution in [0.15, 0.2) is 42.5 Å². The zero-order valence-corrected chi connectivity index (χ0v) is 11.9. The number of carbonyl (C=O) groups is 2. The monoisotopic (exact) mass is 284 g/mol. The SMILES string of the molecule is C[C@@]1(C(=O)[O-])[C@@H]2C=C[C@H](C2)[C@@H]1C(=O)NCc1ccccc1. The van der Waals surface area contributed by atoms with Crippen molar-refractivity contribution in [1.82, 2.24) is 5.32 Å². The second kappa shape index (κ2) is 5.02. The van der Waals surface area contributed by atoms with Crippen LogP contribution in [0.25, 0.3) is 0 Å². The Labute approximate surface area is 123 Å². The van der Waals surface area contributed by atoms with Gasteiger partial charge in [-0.1, -0.05) is 49.4 Å². The van der Waals surface area contributed by atoms with Crippen LogP contribution in [0.1, 0.15) is 18.9 Å². The molecule has 1 saturated carbocycles. The van der Waals surface area contributed by atoms with Gasteiger partial charge in [0, 0.05) is 17.9 Å². The molecule has 1 N–H and O–H groups in total. The Morgan fingerprint density at radius 1 is 1.29 bits per heavy atom. The van der Waals surface area contributed by atoms with E-state index in [0.29, 0.717) is 6.54 Å². The molecule has 0 saturated heterocycles. The van der Waals surface area contributed by atoms with Gasteiger partial charge in [0.1, 0.15) is 0 Å². The van der Waals surface area contributed by atoms with Gasteiger partial charge in [-0.15, -0.1) is 0 Å². The molecular formula is C17H18NO3-. The van der Waals surface area contributed by atoms with E-state index in [9.17, 15) is 14.7 Å². The Morgan fingerprint density at radius 2 is 2.00 bits per heavy atom. The van der Waals surface area contributed by atoms with Crippen LogP contribution in [-0.2, 0) is 16.1 Å². The van der Waals surface area contributed by atoms with Crippen molar-refractivity contribution in [3.05, 3.63) is 48.0 Å². The highest BCUT2D eigenvalue weighted by Crippen LogP contribution is 2.55. The third-order valence-electron chi connectivity index (χ3n) is 4.99. The maximum absolute atomic E-state index is 12.5. The van der Waals surface area contributed by atoms with E-state index >= 15 is 0 Å². The first-order chi connectivity index (χ1) is 10.0. The number of rotatable bonds is 4. The zero-order chi connectivity index (χ0) is 15.0. The minimum absolute atomic E-state index is 0.00803. The highest BCUT2D eigenvalue weighted by atomic mass is 16.4. The fourth-order valence-corrected chi connectivity index (χ4v) is 3.73. The summed E-state index contributed by atoms with van der Waals surface area (Å²) in [6, 6.07) is 9.59. The average Bonchev–Trinajstić information content (AvgIpc) is 3.05. The topological polar surface area (TPSA) is 69.2 Å². The van der Waals surface area contributed by atoms with Crippen molar-refractivity contribution in [2.75, 3.05) is 0 Å². The van der Waals surface area contributed by atoms with Crippen LogP contribution in [0, 0.1) is 23.2 Å². The molecule has 1 amide bonds. The van der Waals surface area contributed by atoms with Gasteiger partial charge in [-0.3, -0.25) is 4.79 Å². The van der Waals surface area contributed by atoms with Crippen LogP contribution in [-0.4, -0.2) is 11.9 Å². The van der Waals surface area contributed by atoms with E-state index in [1.165, 1.54) is 0 Å². The first-order valence-electron chi connectivity index (χ1n) is 7.25. The molecule has 0 spiro atoms. The van der Waals surface area contributed by atoms with Crippen molar-refractivity contribution >= 4 is 11.9 Å². The molecule has 0 aromatic heterocycles. The van der Waals surface area contributed by atoms with Crippen LogP contribution >= 0.6 is 0 Å². The van der Waals surface area contributed by atoms with Crippen LogP contribution < -0.4 is 10.4 Å². The number of fused-ring (bicyclic) bond motifs is 2. The normalized spacial score (nSPS) is 33.1. The minimum Gasteiger partial charge on any atom is -0.550 e. The van der Waals surface area contributed by atoms with Gasteiger partial charge in [0.25, 0.3) is 0 Å². The average molecular weight is 284 g/mol. The number of benzene rings is 1. The molecule has 2 aliphatic carbocycles. The molecule has 4 nitrogen and oxygen atoms in total. The number of hydrogen-bond donors (Lipinski definition) is 1. The Balaban J connectivity index is 1.75. The van der Waals surface area contributed by atoms with Gasteiger partial charge in [0.15, 0.2) is 0 Å². The number of carboxylic acids is 1. The number of allylic oxidation sites excluding steroid dienone is 2. The predicted octanol–water partition coefficient (Wildman–Crippen LogP) is 0.881. The summed E-state index contributed by atoms with van der Waals surface area (Å²) in [5, 5.41) is 14.4. The second-order valence-electron chi connectivity index (χ2n) is 6.14. The highest BCUT2D eigenvalue weighted by Gasteiger charge is 2.56. The van der Waals surface area contributed by atoms with Crippen LogP contribution in [0.5, 0.6) is 0 Å². The van der Waals surface area contributed by atoms with Crippen molar-refractivity contribution < 1.29 is 14.7 Å². The summed E-state index contributed by atoms with van der Waals surface area (Å²) in [5.74, 6) is -1.95. The Kier molecular flexibility index (Phi) is 3.32. The molecule has 0 unspecified atom stereocenters. The van der Waals surface area contributed by atoms with Gasteiger partial charge >= 0.3 is 0 Å². The summed E-state index contributed by atoms with van der Waals surface area (Å²) in [6.45, 7) is 2.06. The molecule has 2 bridgehead atoms. The van der Waals surface area contributed by atoms with E-state index in [1.807, 2.05) is 42.5 Å². The second-order valence-corrected chi connectivity index (χ2v) is 6.14. The van der Waals surface area contributed by atoms with Gasteiger partial charge < -0.3 is 15.2 Å². The van der Waals surface area contributed by atoms with Crippen molar-refractivity contribution in [3.8, 4) is 0 Å². The van der Waals surface area contributed by atoms with Crippen LogP contribution in [0.4, 0.5) is 0 Å². The van der Waals surface area contributed by atoms with Crippen molar-refractivity contribution in [2.24, 2.45) is 23.2 Å². The van der Waals surface area contributed by atoms with Gasteiger partial charge in [-0.05, 0) is 23.8 Å².